The SMILES string of the molecule is C#Cc1ccc(-c2cccc3ncccc23)cc1. The highest BCUT2D eigenvalue weighted by Crippen LogP contribution is 2.27. The number of pyridine rings is 1. The van der Waals surface area contributed by atoms with Crippen LogP contribution in [-0.2, 0) is 0 Å². The molecule has 0 aliphatic heterocycles. The molecule has 1 heterocycles. The fraction of sp³-hybridized carbons (Fsp3) is 0. The summed E-state index contributed by atoms with van der Waals surface area (Å²) in [7, 11) is 0. The maximum Gasteiger partial charge on any atom is 0.0708 e. The van der Waals surface area contributed by atoms with Crippen molar-refractivity contribution in [2.75, 3.05) is 0 Å². The maximum atomic E-state index is 5.37. The van der Waals surface area contributed by atoms with Gasteiger partial charge in [-0.2, -0.15) is 0 Å². The second-order valence-corrected chi connectivity index (χ2v) is 4.10. The van der Waals surface area contributed by atoms with E-state index in [0.29, 0.717) is 0 Å². The van der Waals surface area contributed by atoms with E-state index in [9.17, 15) is 0 Å². The van der Waals surface area contributed by atoms with Crippen molar-refractivity contribution in [2.45, 2.75) is 0 Å². The average molecular weight is 229 g/mol. The number of benzene rings is 2. The molecule has 0 atom stereocenters. The van der Waals surface area contributed by atoms with Gasteiger partial charge >= 0.3 is 0 Å². The monoisotopic (exact) mass is 229 g/mol. The Morgan fingerprint density at radius 2 is 1.72 bits per heavy atom. The molecule has 0 saturated heterocycles. The van der Waals surface area contributed by atoms with Crippen molar-refractivity contribution in [3.05, 3.63) is 66.4 Å². The van der Waals surface area contributed by atoms with E-state index in [4.69, 9.17) is 6.42 Å². The van der Waals surface area contributed by atoms with Crippen LogP contribution in [0.2, 0.25) is 0 Å². The first-order valence-corrected chi connectivity index (χ1v) is 5.79. The Morgan fingerprint density at radius 3 is 2.50 bits per heavy atom. The molecule has 0 unspecified atom stereocenters. The Balaban J connectivity index is 2.22. The Morgan fingerprint density at radius 1 is 0.889 bits per heavy atom. The third-order valence-corrected chi connectivity index (χ3v) is 3.01. The molecule has 0 fully saturated rings. The van der Waals surface area contributed by atoms with Gasteiger partial charge in [0.25, 0.3) is 0 Å². The van der Waals surface area contributed by atoms with Crippen molar-refractivity contribution in [1.82, 2.24) is 4.98 Å². The highest BCUT2D eigenvalue weighted by atomic mass is 14.6. The van der Waals surface area contributed by atoms with Crippen LogP contribution >= 0.6 is 0 Å². The molecule has 1 aromatic heterocycles. The van der Waals surface area contributed by atoms with Gasteiger partial charge in [0, 0.05) is 17.1 Å². The lowest BCUT2D eigenvalue weighted by Crippen LogP contribution is -1.83. The number of hydrogen-bond donors (Lipinski definition) is 0. The van der Waals surface area contributed by atoms with Crippen LogP contribution in [-0.4, -0.2) is 4.98 Å². The molecule has 0 aliphatic rings. The maximum absolute atomic E-state index is 5.37. The molecule has 0 amide bonds. The molecular weight excluding hydrogens is 218 g/mol. The zero-order chi connectivity index (χ0) is 12.4. The van der Waals surface area contributed by atoms with Crippen LogP contribution in [0.4, 0.5) is 0 Å². The minimum absolute atomic E-state index is 0.900. The highest BCUT2D eigenvalue weighted by molar-refractivity contribution is 5.94. The van der Waals surface area contributed by atoms with E-state index in [1.807, 2.05) is 36.5 Å². The first kappa shape index (κ1) is 10.6. The molecule has 3 aromatic rings. The van der Waals surface area contributed by atoms with E-state index in [1.54, 1.807) is 0 Å². The lowest BCUT2D eigenvalue weighted by molar-refractivity contribution is 1.41. The van der Waals surface area contributed by atoms with Gasteiger partial charge in [-0.05, 0) is 35.4 Å². The minimum atomic E-state index is 0.900. The van der Waals surface area contributed by atoms with Crippen LogP contribution in [0.15, 0.2) is 60.8 Å². The van der Waals surface area contributed by atoms with Gasteiger partial charge in [0.2, 0.25) is 0 Å². The second kappa shape index (κ2) is 4.35. The Labute approximate surface area is 106 Å². The van der Waals surface area contributed by atoms with Gasteiger partial charge in [-0.15, -0.1) is 6.42 Å². The van der Waals surface area contributed by atoms with Crippen LogP contribution in [0.25, 0.3) is 22.0 Å². The summed E-state index contributed by atoms with van der Waals surface area (Å²) in [6.07, 6.45) is 7.18. The van der Waals surface area contributed by atoms with Crippen LogP contribution in [0.5, 0.6) is 0 Å². The molecule has 0 radical (unpaired) electrons. The summed E-state index contributed by atoms with van der Waals surface area (Å²) in [6, 6.07) is 18.2. The zero-order valence-corrected chi connectivity index (χ0v) is 9.80. The molecule has 2 aromatic carbocycles. The van der Waals surface area contributed by atoms with Crippen molar-refractivity contribution in [3.63, 3.8) is 0 Å². The molecule has 1 heteroatoms. The predicted molar refractivity (Wildman–Crippen MR) is 75.1 cm³/mol. The van der Waals surface area contributed by atoms with E-state index in [0.717, 1.165) is 22.0 Å². The summed E-state index contributed by atoms with van der Waals surface area (Å²) in [5.41, 5.74) is 4.25. The van der Waals surface area contributed by atoms with Crippen molar-refractivity contribution < 1.29 is 0 Å². The van der Waals surface area contributed by atoms with Crippen molar-refractivity contribution >= 4 is 10.9 Å². The molecular formula is C17H11N. The number of nitrogens with zero attached hydrogens (tertiary/aromatic N) is 1. The average Bonchev–Trinajstić information content (AvgIpc) is 2.47. The van der Waals surface area contributed by atoms with Gasteiger partial charge in [-0.25, -0.2) is 0 Å². The fourth-order valence-corrected chi connectivity index (χ4v) is 2.10. The number of terminal acetylenes is 1. The van der Waals surface area contributed by atoms with Gasteiger partial charge in [0.05, 0.1) is 5.52 Å². The largest absolute Gasteiger partial charge is 0.256 e. The van der Waals surface area contributed by atoms with Gasteiger partial charge in [-0.1, -0.05) is 36.3 Å². The standard InChI is InChI=1S/C17H11N/c1-2-13-8-10-14(11-9-13)15-5-3-7-17-16(15)6-4-12-18-17/h1,3-12H. The van der Waals surface area contributed by atoms with Gasteiger partial charge in [0.1, 0.15) is 0 Å². The molecule has 0 saturated carbocycles. The van der Waals surface area contributed by atoms with Crippen LogP contribution in [0.3, 0.4) is 0 Å². The van der Waals surface area contributed by atoms with Gasteiger partial charge < -0.3 is 0 Å². The Kier molecular flexibility index (Phi) is 2.55. The third kappa shape index (κ3) is 1.74. The quantitative estimate of drug-likeness (QED) is 0.577. The Bertz CT molecular complexity index is 728. The van der Waals surface area contributed by atoms with E-state index in [-0.39, 0.29) is 0 Å². The predicted octanol–water partition coefficient (Wildman–Crippen LogP) is 3.88. The normalized spacial score (nSPS) is 10.2. The number of hydrogen-bond acceptors (Lipinski definition) is 1. The summed E-state index contributed by atoms with van der Waals surface area (Å²) in [5.74, 6) is 2.63. The first-order chi connectivity index (χ1) is 8.88. The molecule has 3 rings (SSSR count). The molecule has 0 spiro atoms. The molecule has 0 N–H and O–H groups in total. The van der Waals surface area contributed by atoms with Crippen LogP contribution in [0.1, 0.15) is 5.56 Å². The van der Waals surface area contributed by atoms with E-state index in [1.165, 1.54) is 5.56 Å². The number of rotatable bonds is 1. The second-order valence-electron chi connectivity index (χ2n) is 4.10. The molecule has 1 nitrogen and oxygen atoms in total. The van der Waals surface area contributed by atoms with E-state index < -0.39 is 0 Å². The van der Waals surface area contributed by atoms with Crippen LogP contribution in [0, 0.1) is 12.3 Å². The van der Waals surface area contributed by atoms with Crippen molar-refractivity contribution in [3.8, 4) is 23.5 Å². The van der Waals surface area contributed by atoms with Crippen molar-refractivity contribution in [2.24, 2.45) is 0 Å². The zero-order valence-electron chi connectivity index (χ0n) is 9.80. The van der Waals surface area contributed by atoms with Crippen molar-refractivity contribution in [1.29, 1.82) is 0 Å². The lowest BCUT2D eigenvalue weighted by atomic mass is 10.00. The third-order valence-electron chi connectivity index (χ3n) is 3.01. The topological polar surface area (TPSA) is 12.9 Å². The Hall–Kier alpha value is -2.59. The van der Waals surface area contributed by atoms with Gasteiger partial charge in [-0.3, -0.25) is 4.98 Å². The highest BCUT2D eigenvalue weighted by Gasteiger charge is 2.03. The van der Waals surface area contributed by atoms with Crippen LogP contribution < -0.4 is 0 Å². The first-order valence-electron chi connectivity index (χ1n) is 5.79. The molecule has 0 aliphatic carbocycles. The number of aromatic nitrogens is 1. The molecule has 18 heavy (non-hydrogen) atoms. The summed E-state index contributed by atoms with van der Waals surface area (Å²) in [5, 5.41) is 1.16. The molecule has 0 bridgehead atoms. The number of fused-ring (bicyclic) bond motifs is 1. The van der Waals surface area contributed by atoms with Gasteiger partial charge in [0.15, 0.2) is 0 Å². The lowest BCUT2D eigenvalue weighted by Gasteiger charge is -2.06. The smallest absolute Gasteiger partial charge is 0.0708 e. The summed E-state index contributed by atoms with van der Waals surface area (Å²) < 4.78 is 0. The van der Waals surface area contributed by atoms with E-state index >= 15 is 0 Å². The summed E-state index contributed by atoms with van der Waals surface area (Å²) >= 11 is 0. The molecule has 84 valence electrons. The van der Waals surface area contributed by atoms with E-state index in [2.05, 4.69) is 35.2 Å². The summed E-state index contributed by atoms with van der Waals surface area (Å²) in [6.45, 7) is 0. The fourth-order valence-electron chi connectivity index (χ4n) is 2.10. The summed E-state index contributed by atoms with van der Waals surface area (Å²) in [4.78, 5) is 4.37. The minimum Gasteiger partial charge on any atom is -0.256 e.